The number of rotatable bonds is 7. The van der Waals surface area contributed by atoms with Crippen molar-refractivity contribution >= 4 is 28.4 Å². The summed E-state index contributed by atoms with van der Waals surface area (Å²) in [5.41, 5.74) is 5.41. The standard InChI is InChI=1S/C22H28N6O4/c1-13(2)10-27(19-20(23)28(11-14(3)4)22(32)25-21(19)31)18(30)12-26-16-8-6-5-7-15(16)24-9-17(26)29/h5-9,13-14H,10-12,23H2,1-4H3,(H,25,31,32). The van der Waals surface area contributed by atoms with E-state index in [2.05, 4.69) is 9.97 Å². The van der Waals surface area contributed by atoms with Crippen LogP contribution in [0.25, 0.3) is 11.0 Å². The average molecular weight is 441 g/mol. The molecule has 0 aliphatic rings. The molecule has 10 nitrogen and oxygen atoms in total. The van der Waals surface area contributed by atoms with Crippen molar-refractivity contribution in [2.75, 3.05) is 17.2 Å². The van der Waals surface area contributed by atoms with Crippen molar-refractivity contribution in [2.24, 2.45) is 11.8 Å². The predicted molar refractivity (Wildman–Crippen MR) is 124 cm³/mol. The van der Waals surface area contributed by atoms with E-state index in [1.54, 1.807) is 24.3 Å². The molecule has 0 fully saturated rings. The molecule has 2 aromatic heterocycles. The van der Waals surface area contributed by atoms with E-state index >= 15 is 0 Å². The normalized spacial score (nSPS) is 11.4. The Bertz CT molecular complexity index is 1320. The van der Waals surface area contributed by atoms with Gasteiger partial charge in [-0.05, 0) is 24.0 Å². The largest absolute Gasteiger partial charge is 0.383 e. The van der Waals surface area contributed by atoms with Crippen LogP contribution in [0.5, 0.6) is 0 Å². The van der Waals surface area contributed by atoms with Crippen LogP contribution in [0.3, 0.4) is 0 Å². The third-order valence-electron chi connectivity index (χ3n) is 4.93. The van der Waals surface area contributed by atoms with Crippen LogP contribution in [0.4, 0.5) is 11.5 Å². The number of benzene rings is 1. The van der Waals surface area contributed by atoms with Gasteiger partial charge in [0.1, 0.15) is 12.4 Å². The van der Waals surface area contributed by atoms with E-state index < -0.39 is 22.7 Å². The van der Waals surface area contributed by atoms with Crippen LogP contribution in [0.15, 0.2) is 44.8 Å². The molecule has 0 aliphatic carbocycles. The molecule has 10 heteroatoms. The number of anilines is 2. The fraction of sp³-hybridized carbons (Fsp3) is 0.409. The molecule has 3 aromatic rings. The molecule has 0 saturated carbocycles. The average Bonchev–Trinajstić information content (AvgIpc) is 2.72. The third kappa shape index (κ3) is 4.63. The lowest BCUT2D eigenvalue weighted by molar-refractivity contribution is -0.119. The zero-order valence-corrected chi connectivity index (χ0v) is 18.7. The van der Waals surface area contributed by atoms with Crippen molar-refractivity contribution < 1.29 is 4.79 Å². The Hall–Kier alpha value is -3.69. The van der Waals surface area contributed by atoms with Gasteiger partial charge < -0.3 is 10.6 Å². The van der Waals surface area contributed by atoms with Gasteiger partial charge in [0.2, 0.25) is 5.91 Å². The van der Waals surface area contributed by atoms with E-state index in [-0.39, 0.29) is 43.0 Å². The summed E-state index contributed by atoms with van der Waals surface area (Å²) in [7, 11) is 0. The van der Waals surface area contributed by atoms with Crippen LogP contribution in [0.2, 0.25) is 0 Å². The molecule has 32 heavy (non-hydrogen) atoms. The molecule has 2 heterocycles. The molecule has 1 aromatic carbocycles. The topological polar surface area (TPSA) is 136 Å². The molecular formula is C22H28N6O4. The first-order valence-electron chi connectivity index (χ1n) is 10.5. The Balaban J connectivity index is 2.12. The first kappa shape index (κ1) is 23.0. The highest BCUT2D eigenvalue weighted by Gasteiger charge is 2.26. The van der Waals surface area contributed by atoms with Crippen LogP contribution in [0.1, 0.15) is 27.7 Å². The van der Waals surface area contributed by atoms with Gasteiger partial charge in [-0.1, -0.05) is 39.8 Å². The van der Waals surface area contributed by atoms with Crippen molar-refractivity contribution in [1.29, 1.82) is 0 Å². The molecule has 1 amide bonds. The van der Waals surface area contributed by atoms with Crippen LogP contribution in [-0.2, 0) is 17.9 Å². The minimum atomic E-state index is -0.742. The molecule has 0 bridgehead atoms. The van der Waals surface area contributed by atoms with Gasteiger partial charge >= 0.3 is 5.69 Å². The summed E-state index contributed by atoms with van der Waals surface area (Å²) in [6.07, 6.45) is 1.16. The highest BCUT2D eigenvalue weighted by molar-refractivity contribution is 5.96. The van der Waals surface area contributed by atoms with E-state index in [9.17, 15) is 19.2 Å². The van der Waals surface area contributed by atoms with E-state index in [1.807, 2.05) is 27.7 Å². The number of nitrogens with one attached hydrogen (secondary N) is 1. The number of para-hydroxylation sites is 2. The summed E-state index contributed by atoms with van der Waals surface area (Å²) in [6.45, 7) is 7.77. The lowest BCUT2D eigenvalue weighted by Gasteiger charge is -2.27. The zero-order valence-electron chi connectivity index (χ0n) is 18.7. The third-order valence-corrected chi connectivity index (χ3v) is 4.93. The number of nitrogens with zero attached hydrogens (tertiary/aromatic N) is 4. The summed E-state index contributed by atoms with van der Waals surface area (Å²) in [5.74, 6) is -0.489. The number of H-pyrrole nitrogens is 1. The second kappa shape index (κ2) is 9.21. The lowest BCUT2D eigenvalue weighted by Crippen LogP contribution is -2.45. The number of nitrogens with two attached hydrogens (primary N) is 1. The number of aromatic nitrogens is 4. The van der Waals surface area contributed by atoms with Gasteiger partial charge in [-0.3, -0.25) is 28.5 Å². The first-order chi connectivity index (χ1) is 15.1. The Morgan fingerprint density at radius 3 is 2.44 bits per heavy atom. The number of carbonyl (C=O) groups excluding carboxylic acids is 1. The second-order valence-corrected chi connectivity index (χ2v) is 8.57. The molecule has 0 aliphatic heterocycles. The number of hydrogen-bond acceptors (Lipinski definition) is 6. The summed E-state index contributed by atoms with van der Waals surface area (Å²) in [6, 6.07) is 6.98. The minimum Gasteiger partial charge on any atom is -0.383 e. The fourth-order valence-electron chi connectivity index (χ4n) is 3.57. The first-order valence-corrected chi connectivity index (χ1v) is 10.5. The molecule has 0 spiro atoms. The SMILES string of the molecule is CC(C)CN(C(=O)Cn1c(=O)cnc2ccccc21)c1c(N)n(CC(C)C)c(=O)[nH]c1=O. The number of hydrogen-bond donors (Lipinski definition) is 2. The highest BCUT2D eigenvalue weighted by atomic mass is 16.2. The number of fused-ring (bicyclic) bond motifs is 1. The van der Waals surface area contributed by atoms with Crippen LogP contribution < -0.4 is 27.4 Å². The maximum atomic E-state index is 13.4. The van der Waals surface area contributed by atoms with Gasteiger partial charge in [0.05, 0.1) is 17.2 Å². The molecule has 170 valence electrons. The maximum Gasteiger partial charge on any atom is 0.330 e. The summed E-state index contributed by atoms with van der Waals surface area (Å²) in [4.78, 5) is 58.6. The van der Waals surface area contributed by atoms with Crippen molar-refractivity contribution in [3.8, 4) is 0 Å². The van der Waals surface area contributed by atoms with Crippen molar-refractivity contribution in [3.05, 3.63) is 61.7 Å². The number of amides is 1. The molecule has 0 unspecified atom stereocenters. The van der Waals surface area contributed by atoms with Gasteiger partial charge in [-0.2, -0.15) is 0 Å². The van der Waals surface area contributed by atoms with Gasteiger partial charge in [-0.25, -0.2) is 9.78 Å². The molecule has 0 atom stereocenters. The van der Waals surface area contributed by atoms with E-state index in [4.69, 9.17) is 5.73 Å². The maximum absolute atomic E-state index is 13.4. The molecule has 0 saturated heterocycles. The monoisotopic (exact) mass is 440 g/mol. The van der Waals surface area contributed by atoms with Crippen molar-refractivity contribution in [1.82, 2.24) is 19.1 Å². The Kier molecular flexibility index (Phi) is 6.61. The van der Waals surface area contributed by atoms with Gasteiger partial charge in [0.25, 0.3) is 11.1 Å². The lowest BCUT2D eigenvalue weighted by atomic mass is 10.2. The predicted octanol–water partition coefficient (Wildman–Crippen LogP) is 1.17. The van der Waals surface area contributed by atoms with Gasteiger partial charge in [0.15, 0.2) is 5.69 Å². The Morgan fingerprint density at radius 1 is 1.09 bits per heavy atom. The van der Waals surface area contributed by atoms with E-state index in [0.29, 0.717) is 11.0 Å². The Morgan fingerprint density at radius 2 is 1.78 bits per heavy atom. The minimum absolute atomic E-state index is 0.00543. The van der Waals surface area contributed by atoms with Crippen LogP contribution in [0, 0.1) is 11.8 Å². The molecule has 3 N–H and O–H groups in total. The van der Waals surface area contributed by atoms with Crippen LogP contribution in [-0.4, -0.2) is 31.6 Å². The summed E-state index contributed by atoms with van der Waals surface area (Å²) < 4.78 is 2.57. The zero-order chi connectivity index (χ0) is 23.6. The molecular weight excluding hydrogens is 412 g/mol. The van der Waals surface area contributed by atoms with Crippen LogP contribution >= 0.6 is 0 Å². The van der Waals surface area contributed by atoms with Crippen molar-refractivity contribution in [2.45, 2.75) is 40.8 Å². The number of nitrogen functional groups attached to an aromatic ring is 1. The summed E-state index contributed by atoms with van der Waals surface area (Å²) >= 11 is 0. The Labute approximate surface area is 184 Å². The van der Waals surface area contributed by atoms with Gasteiger partial charge in [0, 0.05) is 13.1 Å². The van der Waals surface area contributed by atoms with E-state index in [1.165, 1.54) is 14.0 Å². The second-order valence-electron chi connectivity index (χ2n) is 8.57. The van der Waals surface area contributed by atoms with Gasteiger partial charge in [-0.15, -0.1) is 0 Å². The van der Waals surface area contributed by atoms with E-state index in [0.717, 1.165) is 6.20 Å². The van der Waals surface area contributed by atoms with Crippen molar-refractivity contribution in [3.63, 3.8) is 0 Å². The molecule has 0 radical (unpaired) electrons. The summed E-state index contributed by atoms with van der Waals surface area (Å²) in [5, 5.41) is 0. The number of aromatic amines is 1. The fourth-order valence-corrected chi connectivity index (χ4v) is 3.57. The quantitative estimate of drug-likeness (QED) is 0.566. The molecule has 3 rings (SSSR count). The number of carbonyl (C=O) groups is 1. The smallest absolute Gasteiger partial charge is 0.330 e. The highest BCUT2D eigenvalue weighted by Crippen LogP contribution is 2.20.